The summed E-state index contributed by atoms with van der Waals surface area (Å²) in [5, 5.41) is 9.99. The summed E-state index contributed by atoms with van der Waals surface area (Å²) >= 11 is 0. The predicted molar refractivity (Wildman–Crippen MR) is 91.9 cm³/mol. The Labute approximate surface area is 139 Å². The number of aryl methyl sites for hydroxylation is 1. The van der Waals surface area contributed by atoms with Crippen molar-refractivity contribution in [3.63, 3.8) is 0 Å². The van der Waals surface area contributed by atoms with Crippen molar-refractivity contribution in [2.75, 3.05) is 12.4 Å². The number of para-hydroxylation sites is 1. The molecule has 0 saturated carbocycles. The van der Waals surface area contributed by atoms with E-state index in [2.05, 4.69) is 20.5 Å². The molecule has 2 aromatic heterocycles. The standard InChI is InChI=1S/C18H18N4O2/c1-12-17(14-8-3-4-9-15(14)24-2)18(22-21-12)20-16(23)11-13-7-5-6-10-19-13/h3-10H,11H2,1-2H3,(H2,20,21,22,23). The maximum Gasteiger partial charge on any atom is 0.231 e. The molecule has 1 aromatic carbocycles. The van der Waals surface area contributed by atoms with Gasteiger partial charge in [0.05, 0.1) is 19.1 Å². The molecule has 0 saturated heterocycles. The number of carbonyl (C=O) groups is 1. The molecular weight excluding hydrogens is 304 g/mol. The summed E-state index contributed by atoms with van der Waals surface area (Å²) in [5.41, 5.74) is 3.26. The Bertz CT molecular complexity index is 843. The van der Waals surface area contributed by atoms with E-state index in [1.807, 2.05) is 49.4 Å². The summed E-state index contributed by atoms with van der Waals surface area (Å²) in [6.07, 6.45) is 1.86. The number of rotatable bonds is 5. The molecule has 2 heterocycles. The summed E-state index contributed by atoms with van der Waals surface area (Å²) in [6.45, 7) is 1.91. The van der Waals surface area contributed by atoms with E-state index in [-0.39, 0.29) is 12.3 Å². The summed E-state index contributed by atoms with van der Waals surface area (Å²) in [7, 11) is 1.62. The van der Waals surface area contributed by atoms with E-state index in [4.69, 9.17) is 4.74 Å². The molecule has 0 spiro atoms. The Kier molecular flexibility index (Phi) is 4.56. The number of amides is 1. The van der Waals surface area contributed by atoms with Crippen LogP contribution in [0.2, 0.25) is 0 Å². The van der Waals surface area contributed by atoms with Crippen LogP contribution in [-0.4, -0.2) is 28.2 Å². The minimum atomic E-state index is -0.170. The predicted octanol–water partition coefficient (Wildman–Crippen LogP) is 2.97. The number of pyridine rings is 1. The summed E-state index contributed by atoms with van der Waals surface area (Å²) in [5.74, 6) is 1.04. The molecule has 122 valence electrons. The first-order chi connectivity index (χ1) is 11.7. The van der Waals surface area contributed by atoms with Crippen molar-refractivity contribution in [2.45, 2.75) is 13.3 Å². The third-order valence-electron chi connectivity index (χ3n) is 3.65. The zero-order chi connectivity index (χ0) is 16.9. The first-order valence-electron chi connectivity index (χ1n) is 7.57. The molecule has 0 radical (unpaired) electrons. The zero-order valence-corrected chi connectivity index (χ0v) is 13.5. The first-order valence-corrected chi connectivity index (χ1v) is 7.57. The first kappa shape index (κ1) is 15.7. The topological polar surface area (TPSA) is 79.9 Å². The van der Waals surface area contributed by atoms with Crippen LogP contribution >= 0.6 is 0 Å². The molecule has 0 aliphatic heterocycles. The highest BCUT2D eigenvalue weighted by Crippen LogP contribution is 2.35. The summed E-state index contributed by atoms with van der Waals surface area (Å²) in [6, 6.07) is 13.1. The smallest absolute Gasteiger partial charge is 0.231 e. The molecule has 0 fully saturated rings. The van der Waals surface area contributed by atoms with Crippen LogP contribution in [0.15, 0.2) is 48.7 Å². The third-order valence-corrected chi connectivity index (χ3v) is 3.65. The van der Waals surface area contributed by atoms with Crippen molar-refractivity contribution < 1.29 is 9.53 Å². The number of ether oxygens (including phenoxy) is 1. The van der Waals surface area contributed by atoms with Crippen molar-refractivity contribution in [2.24, 2.45) is 0 Å². The van der Waals surface area contributed by atoms with Gasteiger partial charge in [-0.15, -0.1) is 0 Å². The molecule has 3 rings (SSSR count). The molecule has 6 nitrogen and oxygen atoms in total. The molecule has 0 aliphatic carbocycles. The Balaban J connectivity index is 1.86. The number of nitrogens with zero attached hydrogens (tertiary/aromatic N) is 2. The maximum absolute atomic E-state index is 12.3. The van der Waals surface area contributed by atoms with Crippen LogP contribution in [0.5, 0.6) is 5.75 Å². The van der Waals surface area contributed by atoms with Crippen LogP contribution in [-0.2, 0) is 11.2 Å². The number of benzene rings is 1. The fraction of sp³-hybridized carbons (Fsp3) is 0.167. The van der Waals surface area contributed by atoms with Gasteiger partial charge in [0, 0.05) is 23.1 Å². The summed E-state index contributed by atoms with van der Waals surface area (Å²) < 4.78 is 5.42. The van der Waals surface area contributed by atoms with E-state index in [1.54, 1.807) is 13.3 Å². The number of hydrogen-bond donors (Lipinski definition) is 2. The minimum Gasteiger partial charge on any atom is -0.496 e. The van der Waals surface area contributed by atoms with E-state index in [9.17, 15) is 4.79 Å². The van der Waals surface area contributed by atoms with Gasteiger partial charge >= 0.3 is 0 Å². The normalized spacial score (nSPS) is 10.4. The van der Waals surface area contributed by atoms with Gasteiger partial charge in [-0.1, -0.05) is 24.3 Å². The second-order valence-corrected chi connectivity index (χ2v) is 5.32. The number of aromatic amines is 1. The van der Waals surface area contributed by atoms with Crippen LogP contribution in [0, 0.1) is 6.92 Å². The lowest BCUT2D eigenvalue weighted by Crippen LogP contribution is -2.16. The van der Waals surface area contributed by atoms with Crippen molar-refractivity contribution in [1.29, 1.82) is 0 Å². The van der Waals surface area contributed by atoms with E-state index in [0.29, 0.717) is 11.5 Å². The molecule has 2 N–H and O–H groups in total. The summed E-state index contributed by atoms with van der Waals surface area (Å²) in [4.78, 5) is 16.5. The average molecular weight is 322 g/mol. The number of methoxy groups -OCH3 is 1. The molecule has 0 atom stereocenters. The Morgan fingerprint density at radius 1 is 1.21 bits per heavy atom. The molecule has 1 amide bonds. The average Bonchev–Trinajstić information content (AvgIpc) is 2.95. The van der Waals surface area contributed by atoms with Crippen LogP contribution in [0.3, 0.4) is 0 Å². The second-order valence-electron chi connectivity index (χ2n) is 5.32. The van der Waals surface area contributed by atoms with Gasteiger partial charge in [0.25, 0.3) is 0 Å². The quantitative estimate of drug-likeness (QED) is 0.757. The molecule has 0 bridgehead atoms. The van der Waals surface area contributed by atoms with E-state index in [0.717, 1.165) is 22.6 Å². The lowest BCUT2D eigenvalue weighted by molar-refractivity contribution is -0.115. The van der Waals surface area contributed by atoms with Crippen LogP contribution in [0.25, 0.3) is 11.1 Å². The largest absolute Gasteiger partial charge is 0.496 e. The third kappa shape index (κ3) is 3.27. The van der Waals surface area contributed by atoms with Gasteiger partial charge in [-0.2, -0.15) is 5.10 Å². The van der Waals surface area contributed by atoms with Gasteiger partial charge in [0.1, 0.15) is 5.75 Å². The Hall–Kier alpha value is -3.15. The molecule has 3 aromatic rings. The van der Waals surface area contributed by atoms with Gasteiger partial charge in [0.2, 0.25) is 5.91 Å². The minimum absolute atomic E-state index is 0.170. The fourth-order valence-corrected chi connectivity index (χ4v) is 2.54. The van der Waals surface area contributed by atoms with Gasteiger partial charge in [-0.05, 0) is 25.1 Å². The highest BCUT2D eigenvalue weighted by Gasteiger charge is 2.18. The SMILES string of the molecule is COc1ccccc1-c1c(NC(=O)Cc2ccccn2)n[nH]c1C. The molecule has 0 aliphatic rings. The number of H-pyrrole nitrogens is 1. The number of anilines is 1. The molecule has 24 heavy (non-hydrogen) atoms. The van der Waals surface area contributed by atoms with Gasteiger partial charge in [0.15, 0.2) is 5.82 Å². The van der Waals surface area contributed by atoms with E-state index in [1.165, 1.54) is 0 Å². The molecule has 0 unspecified atom stereocenters. The Morgan fingerprint density at radius 3 is 2.75 bits per heavy atom. The number of carbonyl (C=O) groups excluding carboxylic acids is 1. The van der Waals surface area contributed by atoms with Crippen LogP contribution < -0.4 is 10.1 Å². The van der Waals surface area contributed by atoms with E-state index >= 15 is 0 Å². The van der Waals surface area contributed by atoms with Crippen molar-refractivity contribution in [3.8, 4) is 16.9 Å². The molecule has 6 heteroatoms. The van der Waals surface area contributed by atoms with E-state index < -0.39 is 0 Å². The Morgan fingerprint density at radius 2 is 2.00 bits per heavy atom. The number of nitrogens with one attached hydrogen (secondary N) is 2. The fourth-order valence-electron chi connectivity index (χ4n) is 2.54. The van der Waals surface area contributed by atoms with Gasteiger partial charge < -0.3 is 10.1 Å². The van der Waals surface area contributed by atoms with Crippen LogP contribution in [0.1, 0.15) is 11.4 Å². The maximum atomic E-state index is 12.3. The highest BCUT2D eigenvalue weighted by atomic mass is 16.5. The number of aromatic nitrogens is 3. The lowest BCUT2D eigenvalue weighted by Gasteiger charge is -2.10. The number of hydrogen-bond acceptors (Lipinski definition) is 4. The van der Waals surface area contributed by atoms with Crippen molar-refractivity contribution >= 4 is 11.7 Å². The van der Waals surface area contributed by atoms with Crippen LogP contribution in [0.4, 0.5) is 5.82 Å². The monoisotopic (exact) mass is 322 g/mol. The van der Waals surface area contributed by atoms with Crippen molar-refractivity contribution in [3.05, 3.63) is 60.0 Å². The molecular formula is C18H18N4O2. The lowest BCUT2D eigenvalue weighted by atomic mass is 10.0. The van der Waals surface area contributed by atoms with Gasteiger partial charge in [-0.3, -0.25) is 14.9 Å². The second kappa shape index (κ2) is 6.95. The highest BCUT2D eigenvalue weighted by molar-refractivity contribution is 5.96. The van der Waals surface area contributed by atoms with Gasteiger partial charge in [-0.25, -0.2) is 0 Å². The van der Waals surface area contributed by atoms with Crippen molar-refractivity contribution in [1.82, 2.24) is 15.2 Å². The zero-order valence-electron chi connectivity index (χ0n) is 13.5.